The molecule has 0 radical (unpaired) electrons. The molecule has 24 heavy (non-hydrogen) atoms. The predicted octanol–water partition coefficient (Wildman–Crippen LogP) is 1.29. The van der Waals surface area contributed by atoms with Crippen molar-refractivity contribution in [3.05, 3.63) is 35.5 Å². The summed E-state index contributed by atoms with van der Waals surface area (Å²) in [5.41, 5.74) is 0.665. The number of benzene rings is 1. The van der Waals surface area contributed by atoms with Gasteiger partial charge in [-0.15, -0.1) is 0 Å². The quantitative estimate of drug-likeness (QED) is 0.823. The maximum absolute atomic E-state index is 11.9. The second-order valence-electron chi connectivity index (χ2n) is 5.68. The summed E-state index contributed by atoms with van der Waals surface area (Å²) in [7, 11) is 0. The van der Waals surface area contributed by atoms with Gasteiger partial charge in [-0.2, -0.15) is 0 Å². The van der Waals surface area contributed by atoms with Crippen LogP contribution in [-0.4, -0.2) is 61.7 Å². The standard InChI is InChI=1S/C17H21ClN4O2/c18-14-3-4-15(17-13(14)2-1-5-21-17)24-12-16(23)20-8-11-22-9-6-19-7-10-22/h1-5,19H,6-12H2,(H,20,23). The molecule has 6 nitrogen and oxygen atoms in total. The van der Waals surface area contributed by atoms with Gasteiger partial charge in [-0.3, -0.25) is 14.7 Å². The number of carbonyl (C=O) groups is 1. The molecule has 1 saturated heterocycles. The Hall–Kier alpha value is -1.89. The van der Waals surface area contributed by atoms with E-state index in [9.17, 15) is 4.79 Å². The van der Waals surface area contributed by atoms with E-state index in [0.717, 1.165) is 38.1 Å². The molecule has 0 saturated carbocycles. The Balaban J connectivity index is 1.48. The Morgan fingerprint density at radius 1 is 1.33 bits per heavy atom. The third-order valence-electron chi connectivity index (χ3n) is 4.00. The molecular formula is C17H21ClN4O2. The van der Waals surface area contributed by atoms with Gasteiger partial charge in [0.1, 0.15) is 11.3 Å². The van der Waals surface area contributed by atoms with Crippen LogP contribution in [0.2, 0.25) is 5.02 Å². The first kappa shape index (κ1) is 17.0. The maximum Gasteiger partial charge on any atom is 0.257 e. The van der Waals surface area contributed by atoms with Crippen LogP contribution >= 0.6 is 11.6 Å². The average molecular weight is 349 g/mol. The second kappa shape index (κ2) is 8.28. The number of amides is 1. The summed E-state index contributed by atoms with van der Waals surface area (Å²) in [4.78, 5) is 18.6. The number of piperazine rings is 1. The highest BCUT2D eigenvalue weighted by atomic mass is 35.5. The van der Waals surface area contributed by atoms with E-state index in [4.69, 9.17) is 16.3 Å². The van der Waals surface area contributed by atoms with Gasteiger partial charge in [0.15, 0.2) is 6.61 Å². The molecule has 1 aromatic carbocycles. The first-order valence-corrected chi connectivity index (χ1v) is 8.47. The van der Waals surface area contributed by atoms with Crippen molar-refractivity contribution < 1.29 is 9.53 Å². The number of aromatic nitrogens is 1. The lowest BCUT2D eigenvalue weighted by Crippen LogP contribution is -2.46. The molecule has 0 aliphatic carbocycles. The highest BCUT2D eigenvalue weighted by molar-refractivity contribution is 6.35. The van der Waals surface area contributed by atoms with Crippen LogP contribution in [0.4, 0.5) is 0 Å². The number of hydrogen-bond acceptors (Lipinski definition) is 5. The van der Waals surface area contributed by atoms with E-state index in [-0.39, 0.29) is 12.5 Å². The molecular weight excluding hydrogens is 328 g/mol. The number of rotatable bonds is 6. The number of pyridine rings is 1. The Morgan fingerprint density at radius 3 is 3.00 bits per heavy atom. The molecule has 0 bridgehead atoms. The normalized spacial score (nSPS) is 15.4. The topological polar surface area (TPSA) is 66.5 Å². The lowest BCUT2D eigenvalue weighted by Gasteiger charge is -2.27. The maximum atomic E-state index is 11.9. The number of fused-ring (bicyclic) bond motifs is 1. The van der Waals surface area contributed by atoms with Crippen molar-refractivity contribution in [1.82, 2.24) is 20.5 Å². The lowest BCUT2D eigenvalue weighted by atomic mass is 10.2. The summed E-state index contributed by atoms with van der Waals surface area (Å²) in [5, 5.41) is 7.63. The second-order valence-corrected chi connectivity index (χ2v) is 6.08. The first-order valence-electron chi connectivity index (χ1n) is 8.10. The van der Waals surface area contributed by atoms with Crippen molar-refractivity contribution in [2.45, 2.75) is 0 Å². The smallest absolute Gasteiger partial charge is 0.257 e. The van der Waals surface area contributed by atoms with Crippen molar-refractivity contribution in [3.63, 3.8) is 0 Å². The molecule has 1 aromatic heterocycles. The van der Waals surface area contributed by atoms with E-state index in [0.29, 0.717) is 22.8 Å². The predicted molar refractivity (Wildman–Crippen MR) is 94.6 cm³/mol. The van der Waals surface area contributed by atoms with Crippen LogP contribution in [0.15, 0.2) is 30.5 Å². The number of ether oxygens (including phenoxy) is 1. The number of nitrogens with one attached hydrogen (secondary N) is 2. The third kappa shape index (κ3) is 4.35. The summed E-state index contributed by atoms with van der Waals surface area (Å²) in [6.45, 7) is 5.51. The van der Waals surface area contributed by atoms with Crippen LogP contribution in [0.25, 0.3) is 10.9 Å². The zero-order chi connectivity index (χ0) is 16.8. The largest absolute Gasteiger partial charge is 0.481 e. The van der Waals surface area contributed by atoms with Crippen molar-refractivity contribution in [3.8, 4) is 5.75 Å². The van der Waals surface area contributed by atoms with Crippen molar-refractivity contribution in [2.24, 2.45) is 0 Å². The zero-order valence-electron chi connectivity index (χ0n) is 13.4. The first-order chi connectivity index (χ1) is 11.7. The molecule has 3 rings (SSSR count). The third-order valence-corrected chi connectivity index (χ3v) is 4.33. The minimum atomic E-state index is -0.135. The Labute approximate surface area is 146 Å². The fraction of sp³-hybridized carbons (Fsp3) is 0.412. The van der Waals surface area contributed by atoms with Gasteiger partial charge in [-0.05, 0) is 24.3 Å². The SMILES string of the molecule is O=C(COc1ccc(Cl)c2cccnc12)NCCN1CCNCC1. The Kier molecular flexibility index (Phi) is 5.85. The minimum Gasteiger partial charge on any atom is -0.481 e. The molecule has 1 amide bonds. The van der Waals surface area contributed by atoms with Gasteiger partial charge in [0.05, 0.1) is 5.02 Å². The van der Waals surface area contributed by atoms with Crippen LogP contribution in [-0.2, 0) is 4.79 Å². The van der Waals surface area contributed by atoms with E-state index >= 15 is 0 Å². The molecule has 2 heterocycles. The van der Waals surface area contributed by atoms with Crippen molar-refractivity contribution >= 4 is 28.4 Å². The highest BCUT2D eigenvalue weighted by Gasteiger charge is 2.11. The number of nitrogens with zero attached hydrogens (tertiary/aromatic N) is 2. The van der Waals surface area contributed by atoms with Crippen LogP contribution in [0, 0.1) is 0 Å². The average Bonchev–Trinajstić information content (AvgIpc) is 2.62. The minimum absolute atomic E-state index is 0.0329. The van der Waals surface area contributed by atoms with Gasteiger partial charge in [-0.25, -0.2) is 0 Å². The molecule has 2 aromatic rings. The molecule has 1 aliphatic heterocycles. The van der Waals surface area contributed by atoms with E-state index in [1.54, 1.807) is 18.3 Å². The Morgan fingerprint density at radius 2 is 2.17 bits per heavy atom. The van der Waals surface area contributed by atoms with Gasteiger partial charge in [0.25, 0.3) is 5.91 Å². The molecule has 1 fully saturated rings. The molecule has 0 spiro atoms. The zero-order valence-corrected chi connectivity index (χ0v) is 14.2. The van der Waals surface area contributed by atoms with Gasteiger partial charge < -0.3 is 15.4 Å². The fourth-order valence-electron chi connectivity index (χ4n) is 2.71. The van der Waals surface area contributed by atoms with Crippen molar-refractivity contribution in [1.29, 1.82) is 0 Å². The molecule has 2 N–H and O–H groups in total. The van der Waals surface area contributed by atoms with Gasteiger partial charge in [0, 0.05) is 50.9 Å². The number of hydrogen-bond donors (Lipinski definition) is 2. The van der Waals surface area contributed by atoms with E-state index < -0.39 is 0 Å². The summed E-state index contributed by atoms with van der Waals surface area (Å²) in [5.74, 6) is 0.427. The fourth-order valence-corrected chi connectivity index (χ4v) is 2.93. The van der Waals surface area contributed by atoms with Crippen molar-refractivity contribution in [2.75, 3.05) is 45.9 Å². The molecule has 128 valence electrons. The van der Waals surface area contributed by atoms with E-state index in [2.05, 4.69) is 20.5 Å². The number of halogens is 1. The summed E-state index contributed by atoms with van der Waals surface area (Å²) in [6, 6.07) is 7.20. The lowest BCUT2D eigenvalue weighted by molar-refractivity contribution is -0.123. The van der Waals surface area contributed by atoms with Gasteiger partial charge >= 0.3 is 0 Å². The highest BCUT2D eigenvalue weighted by Crippen LogP contribution is 2.29. The van der Waals surface area contributed by atoms with E-state index in [1.165, 1.54) is 0 Å². The van der Waals surface area contributed by atoms with Crippen LogP contribution in [0.1, 0.15) is 0 Å². The summed E-state index contributed by atoms with van der Waals surface area (Å²) >= 11 is 6.15. The van der Waals surface area contributed by atoms with Crippen LogP contribution < -0.4 is 15.4 Å². The number of carbonyl (C=O) groups excluding carboxylic acids is 1. The van der Waals surface area contributed by atoms with E-state index in [1.807, 2.05) is 12.1 Å². The molecule has 7 heteroatoms. The van der Waals surface area contributed by atoms with Crippen LogP contribution in [0.3, 0.4) is 0 Å². The summed E-state index contributed by atoms with van der Waals surface area (Å²) in [6.07, 6.45) is 1.68. The molecule has 1 aliphatic rings. The van der Waals surface area contributed by atoms with Gasteiger partial charge in [-0.1, -0.05) is 11.6 Å². The molecule has 0 unspecified atom stereocenters. The van der Waals surface area contributed by atoms with Gasteiger partial charge in [0.2, 0.25) is 0 Å². The Bertz CT molecular complexity index is 704. The van der Waals surface area contributed by atoms with Crippen LogP contribution in [0.5, 0.6) is 5.75 Å². The molecule has 0 atom stereocenters. The monoisotopic (exact) mass is 348 g/mol. The summed E-state index contributed by atoms with van der Waals surface area (Å²) < 4.78 is 5.62.